The van der Waals surface area contributed by atoms with Crippen LogP contribution in [-0.4, -0.2) is 34.7 Å². The minimum Gasteiger partial charge on any atom is -0.508 e. The maximum Gasteiger partial charge on any atom is 0.120 e. The quantitative estimate of drug-likeness (QED) is 0.776. The van der Waals surface area contributed by atoms with Crippen LogP contribution < -0.4 is 0 Å². The number of rotatable bonds is 1. The highest BCUT2D eigenvalue weighted by atomic mass is 32.2. The molecule has 1 aromatic rings. The largest absolute Gasteiger partial charge is 0.508 e. The van der Waals surface area contributed by atoms with Crippen LogP contribution >= 0.6 is 11.9 Å². The lowest BCUT2D eigenvalue weighted by molar-refractivity contribution is 0.371. The van der Waals surface area contributed by atoms with E-state index in [1.54, 1.807) is 24.1 Å². The number of phenols is 1. The van der Waals surface area contributed by atoms with E-state index in [2.05, 4.69) is 9.30 Å². The summed E-state index contributed by atoms with van der Waals surface area (Å²) in [7, 11) is 0. The highest BCUT2D eigenvalue weighted by Crippen LogP contribution is 2.33. The van der Waals surface area contributed by atoms with Crippen LogP contribution in [0.2, 0.25) is 0 Å². The number of hydrogen-bond donors (Lipinski definition) is 1. The average Bonchev–Trinajstić information content (AvgIpc) is 2.39. The number of phenolic OH excluding ortho intramolecular Hbond substituents is 1. The molecular weight excluding hydrogens is 232 g/mol. The van der Waals surface area contributed by atoms with Gasteiger partial charge in [-0.1, -0.05) is 12.1 Å². The lowest BCUT2D eigenvalue weighted by atomic mass is 9.89. The second-order valence-corrected chi connectivity index (χ2v) is 5.41. The van der Waals surface area contributed by atoms with Crippen molar-refractivity contribution < 1.29 is 5.11 Å². The van der Waals surface area contributed by atoms with Crippen LogP contribution in [0, 0.1) is 0 Å². The maximum absolute atomic E-state index is 9.34. The molecule has 2 aliphatic heterocycles. The van der Waals surface area contributed by atoms with Gasteiger partial charge in [0.2, 0.25) is 0 Å². The summed E-state index contributed by atoms with van der Waals surface area (Å²) in [5, 5.41) is 9.34. The first-order chi connectivity index (χ1) is 8.34. The van der Waals surface area contributed by atoms with Crippen molar-refractivity contribution in [3.8, 4) is 5.75 Å². The van der Waals surface area contributed by atoms with E-state index in [0.29, 0.717) is 11.7 Å². The molecular formula is C13H16N2OS. The number of fused-ring (bicyclic) bond motifs is 1. The second kappa shape index (κ2) is 4.61. The number of amidine groups is 1. The van der Waals surface area contributed by atoms with E-state index >= 15 is 0 Å². The lowest BCUT2D eigenvalue weighted by Gasteiger charge is -2.37. The van der Waals surface area contributed by atoms with Gasteiger partial charge >= 0.3 is 0 Å². The Morgan fingerprint density at radius 1 is 1.24 bits per heavy atom. The van der Waals surface area contributed by atoms with Gasteiger partial charge in [0.1, 0.15) is 11.6 Å². The first kappa shape index (κ1) is 11.0. The molecule has 0 saturated carbocycles. The van der Waals surface area contributed by atoms with Gasteiger partial charge in [-0.2, -0.15) is 0 Å². The fourth-order valence-corrected chi connectivity index (χ4v) is 3.35. The van der Waals surface area contributed by atoms with Crippen LogP contribution in [-0.2, 0) is 0 Å². The van der Waals surface area contributed by atoms with E-state index < -0.39 is 0 Å². The molecule has 3 nitrogen and oxygen atoms in total. The van der Waals surface area contributed by atoms with Gasteiger partial charge in [0, 0.05) is 24.8 Å². The van der Waals surface area contributed by atoms with Crippen LogP contribution in [0.3, 0.4) is 0 Å². The normalized spacial score (nSPS) is 24.1. The molecule has 1 atom stereocenters. The number of hydrogen-bond acceptors (Lipinski definition) is 4. The predicted molar refractivity (Wildman–Crippen MR) is 71.5 cm³/mol. The lowest BCUT2D eigenvalue weighted by Crippen LogP contribution is -2.42. The smallest absolute Gasteiger partial charge is 0.120 e. The van der Waals surface area contributed by atoms with Gasteiger partial charge in [-0.15, -0.1) is 0 Å². The van der Waals surface area contributed by atoms with Crippen molar-refractivity contribution in [2.75, 3.05) is 18.8 Å². The van der Waals surface area contributed by atoms with Gasteiger partial charge in [0.15, 0.2) is 0 Å². The molecule has 17 heavy (non-hydrogen) atoms. The molecule has 0 radical (unpaired) electrons. The van der Waals surface area contributed by atoms with Crippen molar-refractivity contribution in [1.29, 1.82) is 0 Å². The average molecular weight is 248 g/mol. The molecule has 0 bridgehead atoms. The van der Waals surface area contributed by atoms with Gasteiger partial charge in [-0.05, 0) is 42.5 Å². The number of benzene rings is 1. The Hall–Kier alpha value is -1.16. The SMILES string of the molecule is Oc1ccc([C@H]2CCCN3CCSN=C23)cc1. The number of nitrogens with zero attached hydrogens (tertiary/aromatic N) is 2. The number of aromatic hydroxyl groups is 1. The first-order valence-electron chi connectivity index (χ1n) is 6.08. The third kappa shape index (κ3) is 2.14. The van der Waals surface area contributed by atoms with Crippen molar-refractivity contribution in [3.63, 3.8) is 0 Å². The second-order valence-electron chi connectivity index (χ2n) is 4.56. The predicted octanol–water partition coefficient (Wildman–Crippen LogP) is 2.63. The molecule has 0 aromatic heterocycles. The third-order valence-corrected chi connectivity index (χ3v) is 4.14. The molecule has 0 amide bonds. The van der Waals surface area contributed by atoms with Gasteiger partial charge in [-0.25, -0.2) is 4.40 Å². The van der Waals surface area contributed by atoms with E-state index in [-0.39, 0.29) is 0 Å². The molecule has 1 fully saturated rings. The molecule has 2 aliphatic rings. The van der Waals surface area contributed by atoms with Gasteiger partial charge in [-0.3, -0.25) is 0 Å². The summed E-state index contributed by atoms with van der Waals surface area (Å²) >= 11 is 1.68. The standard InChI is InChI=1S/C13H16N2OS/c16-11-5-3-10(4-6-11)12-2-1-7-15-8-9-17-14-13(12)15/h3-6,12,16H,1-2,7-9H2/t12-/m1/s1. The zero-order valence-electron chi connectivity index (χ0n) is 9.67. The topological polar surface area (TPSA) is 35.8 Å². The summed E-state index contributed by atoms with van der Waals surface area (Å²) in [6.45, 7) is 2.27. The Morgan fingerprint density at radius 2 is 2.06 bits per heavy atom. The molecule has 4 heteroatoms. The van der Waals surface area contributed by atoms with Crippen molar-refractivity contribution in [3.05, 3.63) is 29.8 Å². The van der Waals surface area contributed by atoms with Crippen molar-refractivity contribution in [1.82, 2.24) is 4.90 Å². The van der Waals surface area contributed by atoms with E-state index in [0.717, 1.165) is 18.8 Å². The van der Waals surface area contributed by atoms with Crippen molar-refractivity contribution >= 4 is 17.8 Å². The highest BCUT2D eigenvalue weighted by Gasteiger charge is 2.29. The first-order valence-corrected chi connectivity index (χ1v) is 7.02. The molecule has 3 rings (SSSR count). The Kier molecular flexibility index (Phi) is 2.97. The minimum absolute atomic E-state index is 0.335. The molecule has 1 aromatic carbocycles. The van der Waals surface area contributed by atoms with Crippen LogP contribution in [0.5, 0.6) is 5.75 Å². The van der Waals surface area contributed by atoms with Crippen LogP contribution in [0.1, 0.15) is 24.3 Å². The fraction of sp³-hybridized carbons (Fsp3) is 0.462. The Bertz CT molecular complexity index is 430. The molecule has 90 valence electrons. The van der Waals surface area contributed by atoms with E-state index in [1.165, 1.54) is 24.2 Å². The zero-order valence-corrected chi connectivity index (χ0v) is 10.5. The number of piperidine rings is 1. The molecule has 1 saturated heterocycles. The van der Waals surface area contributed by atoms with Crippen LogP contribution in [0.15, 0.2) is 28.7 Å². The van der Waals surface area contributed by atoms with E-state index in [4.69, 9.17) is 0 Å². The van der Waals surface area contributed by atoms with Crippen LogP contribution in [0.25, 0.3) is 0 Å². The van der Waals surface area contributed by atoms with E-state index in [1.807, 2.05) is 12.1 Å². The Labute approximate surface area is 106 Å². The van der Waals surface area contributed by atoms with Crippen molar-refractivity contribution in [2.24, 2.45) is 4.40 Å². The maximum atomic E-state index is 9.34. The zero-order chi connectivity index (χ0) is 11.7. The molecule has 0 unspecified atom stereocenters. The molecule has 2 heterocycles. The van der Waals surface area contributed by atoms with E-state index in [9.17, 15) is 5.11 Å². The minimum atomic E-state index is 0.335. The molecule has 1 N–H and O–H groups in total. The monoisotopic (exact) mass is 248 g/mol. The van der Waals surface area contributed by atoms with Crippen molar-refractivity contribution in [2.45, 2.75) is 18.8 Å². The van der Waals surface area contributed by atoms with Gasteiger partial charge in [0.05, 0.1) is 0 Å². The van der Waals surface area contributed by atoms with Gasteiger partial charge in [0.25, 0.3) is 0 Å². The molecule has 0 spiro atoms. The Morgan fingerprint density at radius 3 is 2.88 bits per heavy atom. The van der Waals surface area contributed by atoms with Crippen LogP contribution in [0.4, 0.5) is 0 Å². The summed E-state index contributed by atoms with van der Waals surface area (Å²) in [6.07, 6.45) is 2.40. The summed E-state index contributed by atoms with van der Waals surface area (Å²) in [5.74, 6) is 3.09. The Balaban J connectivity index is 1.90. The summed E-state index contributed by atoms with van der Waals surface area (Å²) < 4.78 is 4.63. The third-order valence-electron chi connectivity index (χ3n) is 3.46. The van der Waals surface area contributed by atoms with Gasteiger partial charge < -0.3 is 10.0 Å². The highest BCUT2D eigenvalue weighted by molar-refractivity contribution is 7.98. The molecule has 0 aliphatic carbocycles. The summed E-state index contributed by atoms with van der Waals surface area (Å²) in [5.41, 5.74) is 1.27. The summed E-state index contributed by atoms with van der Waals surface area (Å²) in [4.78, 5) is 2.41. The summed E-state index contributed by atoms with van der Waals surface area (Å²) in [6, 6.07) is 7.58. The fourth-order valence-electron chi connectivity index (χ4n) is 2.58.